The van der Waals surface area contributed by atoms with Crippen LogP contribution in [0.1, 0.15) is 41.0 Å². The van der Waals surface area contributed by atoms with Crippen LogP contribution < -0.4 is 0 Å². The molecule has 86 valence electrons. The van der Waals surface area contributed by atoms with Crippen LogP contribution in [-0.2, 0) is 9.57 Å². The summed E-state index contributed by atoms with van der Waals surface area (Å²) in [6.45, 7) is 9.97. The highest BCUT2D eigenvalue weighted by molar-refractivity contribution is 5.69. The van der Waals surface area contributed by atoms with Crippen LogP contribution in [0, 0.1) is 0 Å². The fourth-order valence-electron chi connectivity index (χ4n) is 1.33. The number of hydroxylamine groups is 2. The monoisotopic (exact) mass is 213 g/mol. The standard InChI is InChI=1S/C11H19NO3/c1-8(2)9-6-7-14-12(9)10(13)15-11(3,4)5/h6-7H2,1-5H3. The number of amides is 1. The Hall–Kier alpha value is -1.03. The van der Waals surface area contributed by atoms with Crippen molar-refractivity contribution in [3.05, 3.63) is 11.3 Å². The van der Waals surface area contributed by atoms with E-state index in [0.717, 1.165) is 17.7 Å². The third-order valence-corrected chi connectivity index (χ3v) is 1.94. The van der Waals surface area contributed by atoms with Gasteiger partial charge in [-0.2, -0.15) is 5.06 Å². The van der Waals surface area contributed by atoms with Crippen LogP contribution in [0.5, 0.6) is 0 Å². The van der Waals surface area contributed by atoms with Gasteiger partial charge in [-0.15, -0.1) is 0 Å². The molecule has 0 unspecified atom stereocenters. The van der Waals surface area contributed by atoms with Crippen molar-refractivity contribution in [2.45, 2.75) is 46.6 Å². The minimum absolute atomic E-state index is 0.434. The Labute approximate surface area is 90.8 Å². The molecule has 0 radical (unpaired) electrons. The van der Waals surface area contributed by atoms with Crippen molar-refractivity contribution in [2.24, 2.45) is 0 Å². The molecule has 1 fully saturated rings. The van der Waals surface area contributed by atoms with Gasteiger partial charge in [0.2, 0.25) is 0 Å². The highest BCUT2D eigenvalue weighted by atomic mass is 16.7. The second-order valence-corrected chi connectivity index (χ2v) is 4.80. The molecular weight excluding hydrogens is 194 g/mol. The van der Waals surface area contributed by atoms with Gasteiger partial charge in [0.15, 0.2) is 0 Å². The van der Waals surface area contributed by atoms with E-state index in [1.165, 1.54) is 5.06 Å². The molecule has 1 aliphatic heterocycles. The van der Waals surface area contributed by atoms with Gasteiger partial charge >= 0.3 is 6.09 Å². The second kappa shape index (κ2) is 4.23. The van der Waals surface area contributed by atoms with Crippen molar-refractivity contribution < 1.29 is 14.4 Å². The van der Waals surface area contributed by atoms with Gasteiger partial charge in [-0.3, -0.25) is 4.84 Å². The fourth-order valence-corrected chi connectivity index (χ4v) is 1.33. The van der Waals surface area contributed by atoms with Crippen LogP contribution in [0.25, 0.3) is 0 Å². The zero-order valence-electron chi connectivity index (χ0n) is 10.1. The molecule has 0 aromatic heterocycles. The third-order valence-electron chi connectivity index (χ3n) is 1.94. The summed E-state index contributed by atoms with van der Waals surface area (Å²) in [5.74, 6) is 0. The minimum Gasteiger partial charge on any atom is -0.442 e. The van der Waals surface area contributed by atoms with Crippen LogP contribution >= 0.6 is 0 Å². The number of hydrogen-bond donors (Lipinski definition) is 0. The minimum atomic E-state index is -0.490. The molecule has 1 aliphatic rings. The number of nitrogens with zero attached hydrogens (tertiary/aromatic N) is 1. The van der Waals surface area contributed by atoms with E-state index < -0.39 is 11.7 Å². The van der Waals surface area contributed by atoms with Gasteiger partial charge in [0.1, 0.15) is 5.60 Å². The van der Waals surface area contributed by atoms with Gasteiger partial charge < -0.3 is 4.74 Å². The summed E-state index contributed by atoms with van der Waals surface area (Å²) in [6.07, 6.45) is 0.331. The van der Waals surface area contributed by atoms with E-state index in [-0.39, 0.29) is 0 Å². The summed E-state index contributed by atoms with van der Waals surface area (Å²) in [4.78, 5) is 17.0. The van der Waals surface area contributed by atoms with Crippen LogP contribution in [0.3, 0.4) is 0 Å². The topological polar surface area (TPSA) is 38.8 Å². The Kier molecular flexibility index (Phi) is 3.39. The van der Waals surface area contributed by atoms with Gasteiger partial charge in [0.05, 0.1) is 12.3 Å². The second-order valence-electron chi connectivity index (χ2n) is 4.80. The van der Waals surface area contributed by atoms with Crippen LogP contribution in [0.4, 0.5) is 4.79 Å². The Balaban J connectivity index is 2.72. The number of carbonyl (C=O) groups is 1. The number of ether oxygens (including phenoxy) is 1. The Morgan fingerprint density at radius 3 is 2.47 bits per heavy atom. The summed E-state index contributed by atoms with van der Waals surface area (Å²) in [5.41, 5.74) is 1.50. The van der Waals surface area contributed by atoms with E-state index in [1.807, 2.05) is 34.6 Å². The molecule has 4 nitrogen and oxygen atoms in total. The molecule has 0 atom stereocenters. The summed E-state index contributed by atoms with van der Waals surface area (Å²) in [7, 11) is 0. The molecule has 15 heavy (non-hydrogen) atoms. The predicted octanol–water partition coefficient (Wildman–Crippen LogP) is 2.85. The maximum absolute atomic E-state index is 11.7. The van der Waals surface area contributed by atoms with Gasteiger partial charge in [-0.05, 0) is 34.6 Å². The highest BCUT2D eigenvalue weighted by Gasteiger charge is 2.30. The van der Waals surface area contributed by atoms with Crippen molar-refractivity contribution >= 4 is 6.09 Å². The Morgan fingerprint density at radius 2 is 2.00 bits per heavy atom. The van der Waals surface area contributed by atoms with Gasteiger partial charge in [-0.1, -0.05) is 5.57 Å². The summed E-state index contributed by atoms with van der Waals surface area (Å²) < 4.78 is 5.23. The molecule has 1 amide bonds. The van der Waals surface area contributed by atoms with Crippen molar-refractivity contribution in [3.63, 3.8) is 0 Å². The lowest BCUT2D eigenvalue weighted by atomic mass is 10.2. The average molecular weight is 213 g/mol. The molecule has 1 heterocycles. The zero-order chi connectivity index (χ0) is 11.6. The predicted molar refractivity (Wildman–Crippen MR) is 57.0 cm³/mol. The third kappa shape index (κ3) is 3.23. The SMILES string of the molecule is CC(C)=C1CCON1C(=O)OC(C)(C)C. The molecule has 0 bridgehead atoms. The number of carbonyl (C=O) groups excluding carboxylic acids is 1. The summed E-state index contributed by atoms with van der Waals surface area (Å²) >= 11 is 0. The molecule has 0 spiro atoms. The Morgan fingerprint density at radius 1 is 1.40 bits per heavy atom. The van der Waals surface area contributed by atoms with E-state index in [2.05, 4.69) is 0 Å². The summed E-state index contributed by atoms with van der Waals surface area (Å²) in [5, 5.41) is 1.26. The molecule has 1 rings (SSSR count). The molecule has 1 saturated heterocycles. The lowest BCUT2D eigenvalue weighted by molar-refractivity contribution is -0.0939. The quantitative estimate of drug-likeness (QED) is 0.621. The molecule has 0 aliphatic carbocycles. The van der Waals surface area contributed by atoms with E-state index in [9.17, 15) is 4.79 Å². The number of allylic oxidation sites excluding steroid dienone is 1. The van der Waals surface area contributed by atoms with E-state index in [1.54, 1.807) is 0 Å². The first kappa shape index (κ1) is 12.0. The molecule has 4 heteroatoms. The smallest absolute Gasteiger partial charge is 0.439 e. The van der Waals surface area contributed by atoms with Crippen LogP contribution in [0.2, 0.25) is 0 Å². The molecule has 0 aromatic rings. The molecule has 0 aromatic carbocycles. The first-order chi connectivity index (χ1) is 6.81. The van der Waals surface area contributed by atoms with Crippen molar-refractivity contribution in [1.82, 2.24) is 5.06 Å². The lowest BCUT2D eigenvalue weighted by Crippen LogP contribution is -2.33. The zero-order valence-corrected chi connectivity index (χ0v) is 10.1. The Bertz CT molecular complexity index is 285. The van der Waals surface area contributed by atoms with E-state index in [4.69, 9.17) is 9.57 Å². The lowest BCUT2D eigenvalue weighted by Gasteiger charge is -2.24. The first-order valence-corrected chi connectivity index (χ1v) is 5.13. The summed E-state index contributed by atoms with van der Waals surface area (Å²) in [6, 6.07) is 0. The van der Waals surface area contributed by atoms with Crippen molar-refractivity contribution in [3.8, 4) is 0 Å². The fraction of sp³-hybridized carbons (Fsp3) is 0.727. The molecule has 0 N–H and O–H groups in total. The molecule has 0 saturated carbocycles. The maximum Gasteiger partial charge on any atom is 0.439 e. The highest BCUT2D eigenvalue weighted by Crippen LogP contribution is 2.24. The van der Waals surface area contributed by atoms with Crippen LogP contribution in [-0.4, -0.2) is 23.4 Å². The number of rotatable bonds is 0. The van der Waals surface area contributed by atoms with E-state index in [0.29, 0.717) is 6.61 Å². The maximum atomic E-state index is 11.7. The van der Waals surface area contributed by atoms with Gasteiger partial charge in [0, 0.05) is 6.42 Å². The van der Waals surface area contributed by atoms with E-state index >= 15 is 0 Å². The molecular formula is C11H19NO3. The van der Waals surface area contributed by atoms with Gasteiger partial charge in [0.25, 0.3) is 0 Å². The normalized spacial score (nSPS) is 16.9. The van der Waals surface area contributed by atoms with Crippen molar-refractivity contribution in [2.75, 3.05) is 6.61 Å². The number of hydrogen-bond acceptors (Lipinski definition) is 3. The average Bonchev–Trinajstić information content (AvgIpc) is 2.47. The van der Waals surface area contributed by atoms with Crippen molar-refractivity contribution in [1.29, 1.82) is 0 Å². The van der Waals surface area contributed by atoms with Crippen LogP contribution in [0.15, 0.2) is 11.3 Å². The largest absolute Gasteiger partial charge is 0.442 e. The first-order valence-electron chi connectivity index (χ1n) is 5.13. The van der Waals surface area contributed by atoms with Gasteiger partial charge in [-0.25, -0.2) is 4.79 Å².